The summed E-state index contributed by atoms with van der Waals surface area (Å²) in [5.74, 6) is -0.169. The van der Waals surface area contributed by atoms with Crippen molar-refractivity contribution < 1.29 is 13.2 Å². The molecule has 0 radical (unpaired) electrons. The number of nitrogens with zero attached hydrogens (tertiary/aromatic N) is 4. The van der Waals surface area contributed by atoms with Crippen molar-refractivity contribution in [3.8, 4) is 5.95 Å². The predicted molar refractivity (Wildman–Crippen MR) is 84.8 cm³/mol. The van der Waals surface area contributed by atoms with Crippen molar-refractivity contribution in [1.29, 1.82) is 0 Å². The van der Waals surface area contributed by atoms with Gasteiger partial charge in [-0.25, -0.2) is 23.1 Å². The van der Waals surface area contributed by atoms with Gasteiger partial charge in [0.15, 0.2) is 0 Å². The molecular formula is C14H19N5O3S. The van der Waals surface area contributed by atoms with Crippen LogP contribution in [0.4, 0.5) is 0 Å². The van der Waals surface area contributed by atoms with Crippen molar-refractivity contribution in [1.82, 2.24) is 24.5 Å². The summed E-state index contributed by atoms with van der Waals surface area (Å²) in [5.41, 5.74) is 3.63. The molecule has 8 nitrogen and oxygen atoms in total. The zero-order chi connectivity index (χ0) is 17.4. The third kappa shape index (κ3) is 4.13. The summed E-state index contributed by atoms with van der Waals surface area (Å²) < 4.78 is 25.8. The molecule has 0 aliphatic rings. The van der Waals surface area contributed by atoms with Gasteiger partial charge in [-0.05, 0) is 33.8 Å². The normalized spacial score (nSPS) is 11.5. The van der Waals surface area contributed by atoms with E-state index in [9.17, 15) is 13.2 Å². The summed E-state index contributed by atoms with van der Waals surface area (Å²) in [5, 5.41) is 4.37. The minimum absolute atomic E-state index is 0.0739. The summed E-state index contributed by atoms with van der Waals surface area (Å²) in [6.07, 6.45) is 0.868. The summed E-state index contributed by atoms with van der Waals surface area (Å²) >= 11 is 0. The first-order valence-corrected chi connectivity index (χ1v) is 8.84. The Kier molecular flexibility index (Phi) is 4.51. The van der Waals surface area contributed by atoms with Crippen LogP contribution in [-0.2, 0) is 21.2 Å². The van der Waals surface area contributed by atoms with Gasteiger partial charge in [0.2, 0.25) is 15.9 Å². The third-order valence-corrected chi connectivity index (χ3v) is 3.84. The molecule has 2 aromatic rings. The molecule has 23 heavy (non-hydrogen) atoms. The molecule has 0 aliphatic heterocycles. The summed E-state index contributed by atoms with van der Waals surface area (Å²) in [7, 11) is -3.58. The van der Waals surface area contributed by atoms with Crippen LogP contribution in [0.25, 0.3) is 5.95 Å². The number of hydrogen-bond donors (Lipinski definition) is 1. The number of carbonyl (C=O) groups is 1. The lowest BCUT2D eigenvalue weighted by molar-refractivity contribution is -0.118. The minimum atomic E-state index is -3.58. The van der Waals surface area contributed by atoms with E-state index in [0.717, 1.165) is 17.6 Å². The Morgan fingerprint density at radius 2 is 1.74 bits per heavy atom. The van der Waals surface area contributed by atoms with E-state index in [1.807, 2.05) is 24.6 Å². The lowest BCUT2D eigenvalue weighted by Crippen LogP contribution is -2.30. The third-order valence-electron chi connectivity index (χ3n) is 3.24. The second-order valence-electron chi connectivity index (χ2n) is 5.49. The highest BCUT2D eigenvalue weighted by Crippen LogP contribution is 2.17. The SMILES string of the molecule is Cc1cc(C)nc(-n2nc(C)c(CC(=O)NS(C)(=O)=O)c2C)n1. The smallest absolute Gasteiger partial charge is 0.251 e. The van der Waals surface area contributed by atoms with Crippen LogP contribution in [0, 0.1) is 27.7 Å². The molecule has 0 unspecified atom stereocenters. The van der Waals surface area contributed by atoms with Gasteiger partial charge in [0, 0.05) is 22.6 Å². The lowest BCUT2D eigenvalue weighted by atomic mass is 10.1. The zero-order valence-corrected chi connectivity index (χ0v) is 14.5. The van der Waals surface area contributed by atoms with Crippen molar-refractivity contribution in [2.45, 2.75) is 34.1 Å². The van der Waals surface area contributed by atoms with Crippen LogP contribution in [0.1, 0.15) is 28.3 Å². The molecule has 1 N–H and O–H groups in total. The molecule has 2 rings (SSSR count). The Balaban J connectivity index is 2.38. The van der Waals surface area contributed by atoms with Crippen LogP contribution < -0.4 is 4.72 Å². The van der Waals surface area contributed by atoms with E-state index in [1.165, 1.54) is 0 Å². The Morgan fingerprint density at radius 1 is 1.17 bits per heavy atom. The molecule has 0 fully saturated rings. The number of carbonyl (C=O) groups excluding carboxylic acids is 1. The van der Waals surface area contributed by atoms with E-state index in [-0.39, 0.29) is 6.42 Å². The standard InChI is InChI=1S/C14H19N5O3S/c1-8-6-9(2)16-14(15-8)19-11(4)12(10(3)17-19)7-13(20)18-23(5,21)22/h6H,7H2,1-5H3,(H,18,20). The molecule has 2 heterocycles. The molecule has 9 heteroatoms. The molecular weight excluding hydrogens is 318 g/mol. The van der Waals surface area contributed by atoms with Crippen molar-refractivity contribution in [2.75, 3.05) is 6.26 Å². The highest BCUT2D eigenvalue weighted by Gasteiger charge is 2.19. The maximum Gasteiger partial charge on any atom is 0.251 e. The number of aryl methyl sites for hydroxylation is 3. The van der Waals surface area contributed by atoms with Crippen molar-refractivity contribution in [3.05, 3.63) is 34.4 Å². The van der Waals surface area contributed by atoms with Gasteiger partial charge in [-0.2, -0.15) is 5.10 Å². The van der Waals surface area contributed by atoms with Crippen LogP contribution in [-0.4, -0.2) is 40.3 Å². The van der Waals surface area contributed by atoms with E-state index in [4.69, 9.17) is 0 Å². The van der Waals surface area contributed by atoms with Gasteiger partial charge in [0.25, 0.3) is 5.95 Å². The molecule has 0 atom stereocenters. The number of sulfonamides is 1. The van der Waals surface area contributed by atoms with Gasteiger partial charge in [0.1, 0.15) is 0 Å². The van der Waals surface area contributed by atoms with Crippen molar-refractivity contribution >= 4 is 15.9 Å². The quantitative estimate of drug-likeness (QED) is 0.871. The molecule has 124 valence electrons. The lowest BCUT2D eigenvalue weighted by Gasteiger charge is -2.06. The number of nitrogens with one attached hydrogen (secondary N) is 1. The Labute approximate surface area is 135 Å². The number of aromatic nitrogens is 4. The van der Waals surface area contributed by atoms with Crippen LogP contribution >= 0.6 is 0 Å². The molecule has 0 spiro atoms. The Morgan fingerprint density at radius 3 is 2.26 bits per heavy atom. The first-order chi connectivity index (χ1) is 10.6. The Bertz CT molecular complexity index is 851. The van der Waals surface area contributed by atoms with E-state index in [2.05, 4.69) is 15.1 Å². The van der Waals surface area contributed by atoms with Gasteiger partial charge in [-0.1, -0.05) is 0 Å². The van der Waals surface area contributed by atoms with Gasteiger partial charge in [0.05, 0.1) is 18.4 Å². The molecule has 2 aromatic heterocycles. The maximum atomic E-state index is 11.8. The highest BCUT2D eigenvalue weighted by molar-refractivity contribution is 7.89. The molecule has 1 amide bonds. The topological polar surface area (TPSA) is 107 Å². The summed E-state index contributed by atoms with van der Waals surface area (Å²) in [4.78, 5) is 20.5. The van der Waals surface area contributed by atoms with Crippen LogP contribution in [0.5, 0.6) is 0 Å². The second kappa shape index (κ2) is 6.07. The average Bonchev–Trinajstić information content (AvgIpc) is 2.63. The van der Waals surface area contributed by atoms with Gasteiger partial charge in [-0.15, -0.1) is 0 Å². The molecule has 0 aliphatic carbocycles. The summed E-state index contributed by atoms with van der Waals surface area (Å²) in [6, 6.07) is 1.86. The van der Waals surface area contributed by atoms with Gasteiger partial charge in [-0.3, -0.25) is 9.52 Å². The Hall–Kier alpha value is -2.29. The van der Waals surface area contributed by atoms with Crippen LogP contribution in [0.2, 0.25) is 0 Å². The van der Waals surface area contributed by atoms with Crippen molar-refractivity contribution in [3.63, 3.8) is 0 Å². The van der Waals surface area contributed by atoms with Crippen molar-refractivity contribution in [2.24, 2.45) is 0 Å². The van der Waals surface area contributed by atoms with E-state index >= 15 is 0 Å². The second-order valence-corrected chi connectivity index (χ2v) is 7.23. The fraction of sp³-hybridized carbons (Fsp3) is 0.429. The largest absolute Gasteiger partial charge is 0.274 e. The summed E-state index contributed by atoms with van der Waals surface area (Å²) in [6.45, 7) is 7.29. The molecule has 0 aromatic carbocycles. The fourth-order valence-corrected chi connectivity index (χ4v) is 2.82. The molecule has 0 bridgehead atoms. The average molecular weight is 337 g/mol. The maximum absolute atomic E-state index is 11.8. The molecule has 0 saturated heterocycles. The fourth-order valence-electron chi connectivity index (χ4n) is 2.33. The number of amides is 1. The van der Waals surface area contributed by atoms with Gasteiger partial charge < -0.3 is 0 Å². The zero-order valence-electron chi connectivity index (χ0n) is 13.7. The van der Waals surface area contributed by atoms with Crippen LogP contribution in [0.3, 0.4) is 0 Å². The first kappa shape index (κ1) is 17.1. The number of hydrogen-bond acceptors (Lipinski definition) is 6. The van der Waals surface area contributed by atoms with E-state index in [1.54, 1.807) is 18.5 Å². The van der Waals surface area contributed by atoms with E-state index in [0.29, 0.717) is 22.9 Å². The monoisotopic (exact) mass is 337 g/mol. The number of rotatable bonds is 4. The van der Waals surface area contributed by atoms with E-state index < -0.39 is 15.9 Å². The molecule has 0 saturated carbocycles. The minimum Gasteiger partial charge on any atom is -0.274 e. The van der Waals surface area contributed by atoms with Gasteiger partial charge >= 0.3 is 0 Å². The highest BCUT2D eigenvalue weighted by atomic mass is 32.2. The predicted octanol–water partition coefficient (Wildman–Crippen LogP) is 0.514. The van der Waals surface area contributed by atoms with Crippen LogP contribution in [0.15, 0.2) is 6.07 Å². The first-order valence-electron chi connectivity index (χ1n) is 6.95.